The maximum absolute atomic E-state index is 11.2. The van der Waals surface area contributed by atoms with Crippen LogP contribution in [0, 0.1) is 5.92 Å². The molecule has 1 N–H and O–H groups in total. The zero-order valence-electron chi connectivity index (χ0n) is 7.28. The Balaban J connectivity index is 2.31. The SMILES string of the molecule is CC(CC(=O)N1CC1C)C(=O)O. The highest BCUT2D eigenvalue weighted by molar-refractivity contribution is 5.83. The number of carbonyl (C=O) groups excluding carboxylic acids is 1. The summed E-state index contributed by atoms with van der Waals surface area (Å²) in [5, 5.41) is 8.53. The molecule has 0 saturated carbocycles. The standard InChI is InChI=1S/C8H13NO3/c1-5(8(11)12)3-7(10)9-4-6(9)2/h5-6H,3-4H2,1-2H3,(H,11,12). The average Bonchev–Trinajstić information content (AvgIpc) is 2.66. The summed E-state index contributed by atoms with van der Waals surface area (Å²) in [6, 6.07) is 0.318. The van der Waals surface area contributed by atoms with Gasteiger partial charge in [0.05, 0.1) is 5.92 Å². The maximum atomic E-state index is 11.2. The van der Waals surface area contributed by atoms with Gasteiger partial charge in [-0.2, -0.15) is 0 Å². The molecule has 0 aromatic heterocycles. The second-order valence-corrected chi connectivity index (χ2v) is 3.34. The minimum atomic E-state index is -0.905. The number of hydrogen-bond acceptors (Lipinski definition) is 2. The van der Waals surface area contributed by atoms with Gasteiger partial charge in [0.2, 0.25) is 5.91 Å². The minimum Gasteiger partial charge on any atom is -0.481 e. The molecule has 0 aromatic rings. The molecule has 0 radical (unpaired) electrons. The second-order valence-electron chi connectivity index (χ2n) is 3.34. The summed E-state index contributed by atoms with van der Waals surface area (Å²) in [6.45, 7) is 4.28. The van der Waals surface area contributed by atoms with Gasteiger partial charge in [0, 0.05) is 19.0 Å². The van der Waals surface area contributed by atoms with Gasteiger partial charge in [-0.25, -0.2) is 0 Å². The van der Waals surface area contributed by atoms with E-state index in [9.17, 15) is 9.59 Å². The van der Waals surface area contributed by atoms with E-state index in [1.807, 2.05) is 6.92 Å². The molecule has 68 valence electrons. The van der Waals surface area contributed by atoms with Crippen molar-refractivity contribution in [2.45, 2.75) is 26.3 Å². The van der Waals surface area contributed by atoms with Gasteiger partial charge in [-0.3, -0.25) is 9.59 Å². The lowest BCUT2D eigenvalue weighted by Crippen LogP contribution is -2.20. The fraction of sp³-hybridized carbons (Fsp3) is 0.750. The first-order chi connectivity index (χ1) is 5.52. The lowest BCUT2D eigenvalue weighted by molar-refractivity contribution is -0.144. The highest BCUT2D eigenvalue weighted by Crippen LogP contribution is 2.19. The molecule has 4 nitrogen and oxygen atoms in total. The molecule has 4 heteroatoms. The third kappa shape index (κ3) is 1.96. The molecule has 0 spiro atoms. The van der Waals surface area contributed by atoms with Crippen molar-refractivity contribution in [2.24, 2.45) is 5.92 Å². The number of aliphatic carboxylic acids is 1. The Labute approximate surface area is 71.2 Å². The molecule has 1 fully saturated rings. The Bertz CT molecular complexity index is 214. The quantitative estimate of drug-likeness (QED) is 0.622. The lowest BCUT2D eigenvalue weighted by Gasteiger charge is -2.05. The van der Waals surface area contributed by atoms with E-state index in [1.54, 1.807) is 11.8 Å². The van der Waals surface area contributed by atoms with Gasteiger partial charge in [0.25, 0.3) is 0 Å². The normalized spacial score (nSPS) is 23.5. The fourth-order valence-electron chi connectivity index (χ4n) is 1.05. The molecule has 0 bridgehead atoms. The van der Waals surface area contributed by atoms with Crippen LogP contribution < -0.4 is 0 Å². The van der Waals surface area contributed by atoms with Crippen molar-refractivity contribution in [3.05, 3.63) is 0 Å². The third-order valence-electron chi connectivity index (χ3n) is 2.08. The Morgan fingerprint density at radius 3 is 2.50 bits per heavy atom. The Morgan fingerprint density at radius 1 is 1.67 bits per heavy atom. The van der Waals surface area contributed by atoms with E-state index >= 15 is 0 Å². The van der Waals surface area contributed by atoms with Crippen LogP contribution >= 0.6 is 0 Å². The van der Waals surface area contributed by atoms with Crippen molar-refractivity contribution in [2.75, 3.05) is 6.54 Å². The number of hydrogen-bond donors (Lipinski definition) is 1. The van der Waals surface area contributed by atoms with Crippen LogP contribution in [0.15, 0.2) is 0 Å². The van der Waals surface area contributed by atoms with Gasteiger partial charge in [-0.15, -0.1) is 0 Å². The first-order valence-corrected chi connectivity index (χ1v) is 4.04. The molecule has 1 heterocycles. The lowest BCUT2D eigenvalue weighted by atomic mass is 10.1. The highest BCUT2D eigenvalue weighted by atomic mass is 16.4. The summed E-state index contributed by atoms with van der Waals surface area (Å²) in [5.74, 6) is -1.51. The molecule has 1 aliphatic heterocycles. The second kappa shape index (κ2) is 3.13. The molecule has 1 aliphatic rings. The smallest absolute Gasteiger partial charge is 0.306 e. The number of carboxylic acids is 1. The van der Waals surface area contributed by atoms with Crippen molar-refractivity contribution in [3.63, 3.8) is 0 Å². The van der Waals surface area contributed by atoms with Gasteiger partial charge in [-0.1, -0.05) is 6.92 Å². The van der Waals surface area contributed by atoms with Gasteiger partial charge in [0.15, 0.2) is 0 Å². The van der Waals surface area contributed by atoms with Crippen molar-refractivity contribution in [1.29, 1.82) is 0 Å². The van der Waals surface area contributed by atoms with Crippen molar-refractivity contribution in [1.82, 2.24) is 4.90 Å². The molecule has 1 amide bonds. The summed E-state index contributed by atoms with van der Waals surface area (Å²) >= 11 is 0. The largest absolute Gasteiger partial charge is 0.481 e. The molecular formula is C8H13NO3. The van der Waals surface area contributed by atoms with E-state index < -0.39 is 11.9 Å². The maximum Gasteiger partial charge on any atom is 0.306 e. The number of carboxylic acid groups (broad SMARTS) is 1. The topological polar surface area (TPSA) is 57.4 Å². The van der Waals surface area contributed by atoms with E-state index in [2.05, 4.69) is 0 Å². The van der Waals surface area contributed by atoms with Crippen LogP contribution in [-0.4, -0.2) is 34.5 Å². The van der Waals surface area contributed by atoms with Gasteiger partial charge in [-0.05, 0) is 6.92 Å². The summed E-state index contributed by atoms with van der Waals surface area (Å²) in [7, 11) is 0. The number of rotatable bonds is 3. The minimum absolute atomic E-state index is 0.0441. The van der Waals surface area contributed by atoms with Crippen LogP contribution in [0.25, 0.3) is 0 Å². The molecule has 1 saturated heterocycles. The molecular weight excluding hydrogens is 158 g/mol. The van der Waals surface area contributed by atoms with Crippen LogP contribution in [0.2, 0.25) is 0 Å². The third-order valence-corrected chi connectivity index (χ3v) is 2.08. The Hall–Kier alpha value is -1.06. The number of nitrogens with zero attached hydrogens (tertiary/aromatic N) is 1. The van der Waals surface area contributed by atoms with Gasteiger partial charge in [0.1, 0.15) is 0 Å². The number of carbonyl (C=O) groups is 2. The molecule has 1 rings (SSSR count). The molecule has 2 unspecified atom stereocenters. The zero-order valence-corrected chi connectivity index (χ0v) is 7.28. The summed E-state index contributed by atoms with van der Waals surface area (Å²) in [4.78, 5) is 23.3. The van der Waals surface area contributed by atoms with E-state index in [4.69, 9.17) is 5.11 Å². The molecule has 0 aromatic carbocycles. The first kappa shape index (κ1) is 9.03. The average molecular weight is 171 g/mol. The van der Waals surface area contributed by atoms with E-state index in [0.29, 0.717) is 6.04 Å². The summed E-state index contributed by atoms with van der Waals surface area (Å²) in [5.41, 5.74) is 0. The summed E-state index contributed by atoms with van der Waals surface area (Å²) in [6.07, 6.45) is 0.125. The highest BCUT2D eigenvalue weighted by Gasteiger charge is 2.34. The Kier molecular flexibility index (Phi) is 2.35. The molecule has 0 aliphatic carbocycles. The molecule has 12 heavy (non-hydrogen) atoms. The van der Waals surface area contributed by atoms with Gasteiger partial charge < -0.3 is 10.0 Å². The van der Waals surface area contributed by atoms with Crippen LogP contribution in [0.4, 0.5) is 0 Å². The van der Waals surface area contributed by atoms with E-state index in [0.717, 1.165) is 6.54 Å². The van der Waals surface area contributed by atoms with Crippen molar-refractivity contribution in [3.8, 4) is 0 Å². The van der Waals surface area contributed by atoms with Crippen LogP contribution in [-0.2, 0) is 9.59 Å². The van der Waals surface area contributed by atoms with E-state index in [1.165, 1.54) is 0 Å². The Morgan fingerprint density at radius 2 is 2.17 bits per heavy atom. The van der Waals surface area contributed by atoms with Crippen LogP contribution in [0.5, 0.6) is 0 Å². The van der Waals surface area contributed by atoms with Crippen LogP contribution in [0.3, 0.4) is 0 Å². The number of amides is 1. The van der Waals surface area contributed by atoms with Crippen molar-refractivity contribution >= 4 is 11.9 Å². The predicted molar refractivity (Wildman–Crippen MR) is 42.6 cm³/mol. The monoisotopic (exact) mass is 171 g/mol. The molecule has 2 atom stereocenters. The summed E-state index contributed by atoms with van der Waals surface area (Å²) < 4.78 is 0. The van der Waals surface area contributed by atoms with Gasteiger partial charge >= 0.3 is 5.97 Å². The first-order valence-electron chi connectivity index (χ1n) is 4.04. The zero-order chi connectivity index (χ0) is 9.30. The van der Waals surface area contributed by atoms with E-state index in [-0.39, 0.29) is 12.3 Å². The fourth-order valence-corrected chi connectivity index (χ4v) is 1.05. The van der Waals surface area contributed by atoms with Crippen molar-refractivity contribution < 1.29 is 14.7 Å². The van der Waals surface area contributed by atoms with Crippen LogP contribution in [0.1, 0.15) is 20.3 Å². The predicted octanol–water partition coefficient (Wildman–Crippen LogP) is 0.328.